The van der Waals surface area contributed by atoms with E-state index in [4.69, 9.17) is 39.5 Å². The van der Waals surface area contributed by atoms with Crippen LogP contribution in [0.15, 0.2) is 0 Å². The number of anilines is 1. The molecule has 0 radical (unpaired) electrons. The van der Waals surface area contributed by atoms with Crippen LogP contribution in [-0.2, 0) is 9.53 Å². The van der Waals surface area contributed by atoms with Crippen LogP contribution < -0.4 is 5.32 Å². The topological polar surface area (TPSA) is 75.7 Å². The Bertz CT molecular complexity index is 651. The van der Waals surface area contributed by atoms with Crippen molar-refractivity contribution >= 4 is 68.9 Å². The van der Waals surface area contributed by atoms with Gasteiger partial charge < -0.3 is 15.0 Å². The van der Waals surface area contributed by atoms with Gasteiger partial charge in [-0.1, -0.05) is 34.8 Å². The third kappa shape index (κ3) is 4.53. The fourth-order valence-corrected chi connectivity index (χ4v) is 3.28. The zero-order chi connectivity index (χ0) is 18.7. The molecule has 0 aliphatic rings. The molecule has 0 aromatic carbocycles. The maximum atomic E-state index is 12.6. The second-order valence-corrected chi connectivity index (χ2v) is 7.98. The summed E-state index contributed by atoms with van der Waals surface area (Å²) in [6, 6.07) is 0. The first kappa shape index (κ1) is 21.0. The zero-order valence-electron chi connectivity index (χ0n) is 13.5. The predicted octanol–water partition coefficient (Wildman–Crippen LogP) is 3.63. The minimum atomic E-state index is -2.20. The van der Waals surface area contributed by atoms with E-state index in [9.17, 15) is 14.4 Å². The highest BCUT2D eigenvalue weighted by molar-refractivity contribution is 7.18. The lowest BCUT2D eigenvalue weighted by molar-refractivity contribution is -0.115. The highest BCUT2D eigenvalue weighted by atomic mass is 35.6. The number of esters is 1. The smallest absolute Gasteiger partial charge is 0.341 e. The van der Waals surface area contributed by atoms with Crippen LogP contribution in [0.1, 0.15) is 39.4 Å². The van der Waals surface area contributed by atoms with Gasteiger partial charge in [-0.25, -0.2) is 4.79 Å². The predicted molar refractivity (Wildman–Crippen MR) is 96.6 cm³/mol. The molecule has 0 aliphatic heterocycles. The molecule has 1 N–H and O–H groups in total. The number of methoxy groups -OCH3 is 1. The lowest BCUT2D eigenvalue weighted by Crippen LogP contribution is -2.30. The van der Waals surface area contributed by atoms with Gasteiger partial charge >= 0.3 is 5.97 Å². The quantitative estimate of drug-likeness (QED) is 0.588. The standard InChI is InChI=1S/C14H17Cl3N2O4S/c1-5-19(6-2)11(20)9-7(3)8(12(21)23-4)10(24-9)18-13(22)14(15,16)17/h5-6H2,1-4H3,(H,18,22). The van der Waals surface area contributed by atoms with Crippen LogP contribution in [0.3, 0.4) is 0 Å². The molecule has 0 atom stereocenters. The molecule has 134 valence electrons. The molecule has 24 heavy (non-hydrogen) atoms. The maximum Gasteiger partial charge on any atom is 0.341 e. The van der Waals surface area contributed by atoms with Gasteiger partial charge in [-0.05, 0) is 26.3 Å². The maximum absolute atomic E-state index is 12.6. The van der Waals surface area contributed by atoms with Crippen molar-refractivity contribution in [1.82, 2.24) is 4.90 Å². The molecular weight excluding hydrogens is 399 g/mol. The van der Waals surface area contributed by atoms with Crippen molar-refractivity contribution in [3.05, 3.63) is 16.0 Å². The molecule has 0 saturated carbocycles. The van der Waals surface area contributed by atoms with E-state index in [2.05, 4.69) is 5.32 Å². The van der Waals surface area contributed by atoms with Crippen LogP contribution in [0.4, 0.5) is 5.00 Å². The third-order valence-electron chi connectivity index (χ3n) is 3.27. The molecule has 0 bridgehead atoms. The van der Waals surface area contributed by atoms with Gasteiger partial charge in [0.25, 0.3) is 15.6 Å². The van der Waals surface area contributed by atoms with Crippen LogP contribution in [0.25, 0.3) is 0 Å². The molecular formula is C14H17Cl3N2O4S. The van der Waals surface area contributed by atoms with E-state index in [-0.39, 0.29) is 16.5 Å². The van der Waals surface area contributed by atoms with E-state index in [1.165, 1.54) is 7.11 Å². The van der Waals surface area contributed by atoms with Crippen LogP contribution in [-0.4, -0.2) is 46.7 Å². The first-order chi connectivity index (χ1) is 11.1. The largest absolute Gasteiger partial charge is 0.465 e. The molecule has 1 aromatic heterocycles. The number of thiophene rings is 1. The van der Waals surface area contributed by atoms with E-state index >= 15 is 0 Å². The number of amides is 2. The summed E-state index contributed by atoms with van der Waals surface area (Å²) in [6.45, 7) is 6.31. The summed E-state index contributed by atoms with van der Waals surface area (Å²) in [5.41, 5.74) is 0.476. The Hall–Kier alpha value is -1.02. The Morgan fingerprint density at radius 2 is 1.75 bits per heavy atom. The van der Waals surface area contributed by atoms with Crippen LogP contribution in [0.2, 0.25) is 0 Å². The van der Waals surface area contributed by atoms with Crippen molar-refractivity contribution in [2.24, 2.45) is 0 Å². The number of nitrogens with zero attached hydrogens (tertiary/aromatic N) is 1. The molecule has 6 nitrogen and oxygen atoms in total. The second-order valence-electron chi connectivity index (χ2n) is 4.68. The monoisotopic (exact) mass is 414 g/mol. The van der Waals surface area contributed by atoms with Gasteiger partial charge in [0, 0.05) is 13.1 Å². The average molecular weight is 416 g/mol. The Morgan fingerprint density at radius 3 is 2.17 bits per heavy atom. The van der Waals surface area contributed by atoms with Gasteiger partial charge in [0.1, 0.15) is 5.00 Å². The van der Waals surface area contributed by atoms with Gasteiger partial charge in [0.05, 0.1) is 17.6 Å². The van der Waals surface area contributed by atoms with Gasteiger partial charge in [0.2, 0.25) is 0 Å². The molecule has 0 fully saturated rings. The lowest BCUT2D eigenvalue weighted by Gasteiger charge is -2.17. The third-order valence-corrected chi connectivity index (χ3v) is 4.98. The van der Waals surface area contributed by atoms with Crippen molar-refractivity contribution < 1.29 is 19.1 Å². The van der Waals surface area contributed by atoms with E-state index in [1.807, 2.05) is 13.8 Å². The number of hydrogen-bond donors (Lipinski definition) is 1. The fourth-order valence-electron chi connectivity index (χ4n) is 1.98. The van der Waals surface area contributed by atoms with Crippen molar-refractivity contribution in [1.29, 1.82) is 0 Å². The Morgan fingerprint density at radius 1 is 1.21 bits per heavy atom. The number of halogens is 3. The summed E-state index contributed by atoms with van der Waals surface area (Å²) in [5, 5.41) is 2.47. The molecule has 0 saturated heterocycles. The number of nitrogens with one attached hydrogen (secondary N) is 1. The fraction of sp³-hybridized carbons (Fsp3) is 0.500. The van der Waals surface area contributed by atoms with E-state index in [0.717, 1.165) is 11.3 Å². The minimum absolute atomic E-state index is 0.0700. The van der Waals surface area contributed by atoms with E-state index in [0.29, 0.717) is 23.5 Å². The highest BCUT2D eigenvalue weighted by Crippen LogP contribution is 2.36. The number of carbonyl (C=O) groups is 3. The highest BCUT2D eigenvalue weighted by Gasteiger charge is 2.34. The SMILES string of the molecule is CCN(CC)C(=O)c1sc(NC(=O)C(Cl)(Cl)Cl)c(C(=O)OC)c1C. The van der Waals surface area contributed by atoms with Gasteiger partial charge in [0.15, 0.2) is 0 Å². The summed E-state index contributed by atoms with van der Waals surface area (Å²) in [4.78, 5) is 38.4. The van der Waals surface area contributed by atoms with Crippen molar-refractivity contribution in [2.75, 3.05) is 25.5 Å². The normalized spacial score (nSPS) is 11.1. The molecule has 2 amide bonds. The number of hydrogen-bond acceptors (Lipinski definition) is 5. The van der Waals surface area contributed by atoms with Gasteiger partial charge in [-0.15, -0.1) is 11.3 Å². The molecule has 1 aromatic rings. The molecule has 0 aliphatic carbocycles. The molecule has 0 unspecified atom stereocenters. The van der Waals surface area contributed by atoms with E-state index in [1.54, 1.807) is 11.8 Å². The molecule has 0 spiro atoms. The number of carbonyl (C=O) groups excluding carboxylic acids is 3. The van der Waals surface area contributed by atoms with Gasteiger partial charge in [-0.2, -0.15) is 0 Å². The van der Waals surface area contributed by atoms with Crippen molar-refractivity contribution in [3.8, 4) is 0 Å². The Labute approximate surface area is 159 Å². The Balaban J connectivity index is 3.38. The second kappa shape index (κ2) is 8.38. The molecule has 1 rings (SSSR count). The van der Waals surface area contributed by atoms with Crippen LogP contribution >= 0.6 is 46.1 Å². The van der Waals surface area contributed by atoms with Crippen LogP contribution in [0, 0.1) is 6.92 Å². The minimum Gasteiger partial charge on any atom is -0.465 e. The van der Waals surface area contributed by atoms with Crippen molar-refractivity contribution in [2.45, 2.75) is 24.6 Å². The van der Waals surface area contributed by atoms with Crippen molar-refractivity contribution in [3.63, 3.8) is 0 Å². The first-order valence-electron chi connectivity index (χ1n) is 6.97. The van der Waals surface area contributed by atoms with Crippen LogP contribution in [0.5, 0.6) is 0 Å². The molecule has 10 heteroatoms. The number of alkyl halides is 3. The summed E-state index contributed by atoms with van der Waals surface area (Å²) < 4.78 is 2.52. The Kier molecular flexibility index (Phi) is 7.34. The average Bonchev–Trinajstić information content (AvgIpc) is 2.83. The van der Waals surface area contributed by atoms with E-state index < -0.39 is 15.7 Å². The number of ether oxygens (including phenoxy) is 1. The number of rotatable bonds is 5. The first-order valence-corrected chi connectivity index (χ1v) is 8.92. The summed E-state index contributed by atoms with van der Waals surface area (Å²) in [6.07, 6.45) is 0. The lowest BCUT2D eigenvalue weighted by atomic mass is 10.1. The molecule has 1 heterocycles. The zero-order valence-corrected chi connectivity index (χ0v) is 16.6. The summed E-state index contributed by atoms with van der Waals surface area (Å²) >= 11 is 17.5. The summed E-state index contributed by atoms with van der Waals surface area (Å²) in [7, 11) is 1.20. The van der Waals surface area contributed by atoms with Gasteiger partial charge in [-0.3, -0.25) is 9.59 Å². The summed E-state index contributed by atoms with van der Waals surface area (Å²) in [5.74, 6) is -1.87.